The van der Waals surface area contributed by atoms with Crippen LogP contribution in [0.4, 0.5) is 6.01 Å². The number of aromatic nitrogens is 2. The van der Waals surface area contributed by atoms with Gasteiger partial charge in [-0.3, -0.25) is 10.1 Å². The Hall–Kier alpha value is -3.76. The van der Waals surface area contributed by atoms with Gasteiger partial charge in [-0.2, -0.15) is 4.31 Å². The second-order valence-electron chi connectivity index (χ2n) is 8.42. The molecule has 0 unspecified atom stereocenters. The summed E-state index contributed by atoms with van der Waals surface area (Å²) in [6.07, 6.45) is 5.98. The third kappa shape index (κ3) is 4.89. The summed E-state index contributed by atoms with van der Waals surface area (Å²) in [5.74, 6) is 0.370. The van der Waals surface area contributed by atoms with Gasteiger partial charge < -0.3 is 8.83 Å². The Morgan fingerprint density at radius 1 is 1.03 bits per heavy atom. The van der Waals surface area contributed by atoms with E-state index in [0.717, 1.165) is 18.4 Å². The normalized spacial score (nSPS) is 13.5. The number of amides is 1. The number of nitrogens with one attached hydrogen (secondary N) is 1. The molecular weight excluding hydrogens is 468 g/mol. The number of carbonyl (C=O) groups excluding carboxylic acids is 1. The van der Waals surface area contributed by atoms with Gasteiger partial charge >= 0.3 is 6.01 Å². The number of anilines is 1. The Labute approximate surface area is 202 Å². The van der Waals surface area contributed by atoms with E-state index in [1.54, 1.807) is 12.1 Å². The van der Waals surface area contributed by atoms with Gasteiger partial charge in [0, 0.05) is 18.2 Å². The average molecular weight is 493 g/mol. The highest BCUT2D eigenvalue weighted by Gasteiger charge is 2.22. The van der Waals surface area contributed by atoms with Gasteiger partial charge in [0.15, 0.2) is 0 Å². The molecule has 2 aromatic heterocycles. The molecular formula is C25H24N4O5S. The second kappa shape index (κ2) is 9.47. The fraction of sp³-hybridized carbons (Fsp3) is 0.240. The van der Waals surface area contributed by atoms with Crippen molar-refractivity contribution in [2.24, 2.45) is 0 Å². The molecule has 4 aromatic rings. The minimum Gasteiger partial charge on any atom is -0.468 e. The van der Waals surface area contributed by atoms with E-state index < -0.39 is 15.9 Å². The smallest absolute Gasteiger partial charge is 0.322 e. The van der Waals surface area contributed by atoms with Gasteiger partial charge in [0.25, 0.3) is 5.91 Å². The van der Waals surface area contributed by atoms with E-state index >= 15 is 0 Å². The van der Waals surface area contributed by atoms with Gasteiger partial charge in [-0.05, 0) is 85.3 Å². The SMILES string of the molecule is CN(Cc1ccco1)S(=O)(=O)c1ccc(C(=O)Nc2nnc(-c3ccc4c(c3)CCCC4)o2)cc1. The van der Waals surface area contributed by atoms with E-state index in [-0.39, 0.29) is 23.0 Å². The number of hydrogen-bond donors (Lipinski definition) is 1. The zero-order valence-electron chi connectivity index (χ0n) is 19.1. The molecule has 0 atom stereocenters. The van der Waals surface area contributed by atoms with Crippen LogP contribution in [0, 0.1) is 0 Å². The highest BCUT2D eigenvalue weighted by Crippen LogP contribution is 2.27. The Morgan fingerprint density at radius 3 is 2.54 bits per heavy atom. The van der Waals surface area contributed by atoms with Crippen molar-refractivity contribution in [3.05, 3.63) is 83.3 Å². The molecule has 35 heavy (non-hydrogen) atoms. The van der Waals surface area contributed by atoms with Crippen LogP contribution in [0.25, 0.3) is 11.5 Å². The van der Waals surface area contributed by atoms with Crippen molar-refractivity contribution in [1.82, 2.24) is 14.5 Å². The van der Waals surface area contributed by atoms with E-state index in [1.165, 1.54) is 65.9 Å². The van der Waals surface area contributed by atoms with Crippen LogP contribution in [-0.4, -0.2) is 35.9 Å². The first-order valence-electron chi connectivity index (χ1n) is 11.3. The Bertz CT molecular complexity index is 1440. The standard InChI is InChI=1S/C25H24N4O5S/c1-29(16-21-7-4-14-33-21)35(31,32)22-12-10-18(11-13-22)23(30)26-25-28-27-24(34-25)20-9-8-17-5-2-3-6-19(17)15-20/h4,7-15H,2-3,5-6,16H2,1H3,(H,26,28,30). The first-order chi connectivity index (χ1) is 16.9. The molecule has 5 rings (SSSR count). The first kappa shape index (κ1) is 23.0. The van der Waals surface area contributed by atoms with Gasteiger partial charge in [0.1, 0.15) is 5.76 Å². The summed E-state index contributed by atoms with van der Waals surface area (Å²) in [6, 6.07) is 15.1. The maximum Gasteiger partial charge on any atom is 0.322 e. The minimum absolute atomic E-state index is 0.0300. The lowest BCUT2D eigenvalue weighted by atomic mass is 9.90. The molecule has 1 N–H and O–H groups in total. The topological polar surface area (TPSA) is 119 Å². The first-order valence-corrected chi connectivity index (χ1v) is 12.7. The zero-order valence-corrected chi connectivity index (χ0v) is 19.9. The molecule has 2 heterocycles. The Balaban J connectivity index is 1.26. The van der Waals surface area contributed by atoms with Gasteiger partial charge in [-0.25, -0.2) is 8.42 Å². The average Bonchev–Trinajstić information content (AvgIpc) is 3.56. The highest BCUT2D eigenvalue weighted by atomic mass is 32.2. The number of aryl methyl sites for hydroxylation is 2. The summed E-state index contributed by atoms with van der Waals surface area (Å²) in [7, 11) is -2.28. The lowest BCUT2D eigenvalue weighted by molar-refractivity contribution is 0.102. The Kier molecular flexibility index (Phi) is 6.23. The van der Waals surface area contributed by atoms with Crippen molar-refractivity contribution < 1.29 is 22.0 Å². The lowest BCUT2D eigenvalue weighted by Gasteiger charge is -2.16. The van der Waals surface area contributed by atoms with E-state index in [1.807, 2.05) is 6.07 Å². The van der Waals surface area contributed by atoms with Gasteiger partial charge in [0.2, 0.25) is 15.9 Å². The highest BCUT2D eigenvalue weighted by molar-refractivity contribution is 7.89. The Morgan fingerprint density at radius 2 is 1.80 bits per heavy atom. The zero-order chi connectivity index (χ0) is 24.4. The number of sulfonamides is 1. The summed E-state index contributed by atoms with van der Waals surface area (Å²) in [5.41, 5.74) is 3.71. The van der Waals surface area contributed by atoms with E-state index in [2.05, 4.69) is 27.6 Å². The molecule has 0 radical (unpaired) electrons. The van der Waals surface area contributed by atoms with Crippen LogP contribution in [0.1, 0.15) is 40.1 Å². The van der Waals surface area contributed by atoms with E-state index in [4.69, 9.17) is 8.83 Å². The molecule has 0 aliphatic heterocycles. The van der Waals surface area contributed by atoms with Crippen molar-refractivity contribution in [2.45, 2.75) is 37.1 Å². The number of furan rings is 1. The van der Waals surface area contributed by atoms with Crippen LogP contribution in [-0.2, 0) is 29.4 Å². The maximum atomic E-state index is 12.8. The predicted molar refractivity (Wildman–Crippen MR) is 128 cm³/mol. The number of benzene rings is 2. The summed E-state index contributed by atoms with van der Waals surface area (Å²) in [4.78, 5) is 12.7. The molecule has 0 saturated heterocycles. The molecule has 180 valence electrons. The molecule has 10 heteroatoms. The molecule has 0 saturated carbocycles. The van der Waals surface area contributed by atoms with Crippen molar-refractivity contribution >= 4 is 21.9 Å². The van der Waals surface area contributed by atoms with Crippen LogP contribution < -0.4 is 5.32 Å². The summed E-state index contributed by atoms with van der Waals surface area (Å²) >= 11 is 0. The van der Waals surface area contributed by atoms with Crippen LogP contribution >= 0.6 is 0 Å². The predicted octanol–water partition coefficient (Wildman–Crippen LogP) is 4.28. The molecule has 2 aromatic carbocycles. The number of fused-ring (bicyclic) bond motifs is 1. The van der Waals surface area contributed by atoms with Crippen LogP contribution in [0.2, 0.25) is 0 Å². The van der Waals surface area contributed by atoms with Crippen molar-refractivity contribution in [2.75, 3.05) is 12.4 Å². The number of hydrogen-bond acceptors (Lipinski definition) is 7. The number of rotatable bonds is 7. The molecule has 1 aliphatic rings. The van der Waals surface area contributed by atoms with Crippen LogP contribution in [0.3, 0.4) is 0 Å². The van der Waals surface area contributed by atoms with Crippen molar-refractivity contribution in [3.63, 3.8) is 0 Å². The van der Waals surface area contributed by atoms with Crippen molar-refractivity contribution in [1.29, 1.82) is 0 Å². The molecule has 0 spiro atoms. The molecule has 1 amide bonds. The fourth-order valence-corrected chi connectivity index (χ4v) is 5.23. The molecule has 0 fully saturated rings. The summed E-state index contributed by atoms with van der Waals surface area (Å²) in [6.45, 7) is 0.0985. The maximum absolute atomic E-state index is 12.8. The summed E-state index contributed by atoms with van der Waals surface area (Å²) < 4.78 is 37.7. The molecule has 1 aliphatic carbocycles. The molecule has 9 nitrogen and oxygen atoms in total. The largest absolute Gasteiger partial charge is 0.468 e. The third-order valence-corrected chi connectivity index (χ3v) is 7.84. The van der Waals surface area contributed by atoms with E-state index in [9.17, 15) is 13.2 Å². The van der Waals surface area contributed by atoms with Gasteiger partial charge in [0.05, 0.1) is 17.7 Å². The van der Waals surface area contributed by atoms with Crippen LogP contribution in [0.5, 0.6) is 0 Å². The molecule has 0 bridgehead atoms. The number of nitrogens with zero attached hydrogens (tertiary/aromatic N) is 3. The van der Waals surface area contributed by atoms with Crippen LogP contribution in [0.15, 0.2) is 74.6 Å². The van der Waals surface area contributed by atoms with Crippen molar-refractivity contribution in [3.8, 4) is 11.5 Å². The number of carbonyl (C=O) groups is 1. The monoisotopic (exact) mass is 492 g/mol. The quantitative estimate of drug-likeness (QED) is 0.409. The third-order valence-electron chi connectivity index (χ3n) is 6.02. The lowest BCUT2D eigenvalue weighted by Crippen LogP contribution is -2.26. The second-order valence-corrected chi connectivity index (χ2v) is 10.5. The van der Waals surface area contributed by atoms with Gasteiger partial charge in [-0.15, -0.1) is 5.10 Å². The summed E-state index contributed by atoms with van der Waals surface area (Å²) in [5, 5.41) is 10.5. The minimum atomic E-state index is -3.75. The van der Waals surface area contributed by atoms with E-state index in [0.29, 0.717) is 11.7 Å². The fourth-order valence-electron chi connectivity index (χ4n) is 4.09. The van der Waals surface area contributed by atoms with Gasteiger partial charge in [-0.1, -0.05) is 11.2 Å².